The lowest BCUT2D eigenvalue weighted by Gasteiger charge is -2.18. The zero-order chi connectivity index (χ0) is 24.5. The van der Waals surface area contributed by atoms with Gasteiger partial charge >= 0.3 is 11.9 Å². The molecule has 0 heterocycles. The van der Waals surface area contributed by atoms with E-state index in [1.807, 2.05) is 30.3 Å². The lowest BCUT2D eigenvalue weighted by molar-refractivity contribution is -0.385. The molecule has 34 heavy (non-hydrogen) atoms. The molecule has 0 saturated heterocycles. The molecule has 0 unspecified atom stereocenters. The van der Waals surface area contributed by atoms with Crippen molar-refractivity contribution in [3.05, 3.63) is 116 Å². The highest BCUT2D eigenvalue weighted by Gasteiger charge is 2.20. The SMILES string of the molecule is O=C(OC[C@@H](CCc1ccccc1)OC(=O)c1ccc([N+](=O)[O-])cc1)c1ccc([N+](=O)[O-])cc1. The third-order valence-electron chi connectivity index (χ3n) is 4.90. The fraction of sp³-hybridized carbons (Fsp3) is 0.167. The Morgan fingerprint density at radius 1 is 0.735 bits per heavy atom. The molecule has 0 aliphatic rings. The summed E-state index contributed by atoms with van der Waals surface area (Å²) in [4.78, 5) is 45.4. The summed E-state index contributed by atoms with van der Waals surface area (Å²) >= 11 is 0. The summed E-state index contributed by atoms with van der Waals surface area (Å²) in [6.07, 6.45) is 0.120. The molecule has 0 bridgehead atoms. The van der Waals surface area contributed by atoms with Crippen LogP contribution in [-0.2, 0) is 15.9 Å². The van der Waals surface area contributed by atoms with Gasteiger partial charge in [-0.25, -0.2) is 9.59 Å². The average molecular weight is 464 g/mol. The highest BCUT2D eigenvalue weighted by molar-refractivity contribution is 5.90. The lowest BCUT2D eigenvalue weighted by atomic mass is 10.1. The molecular formula is C24H20N2O8. The van der Waals surface area contributed by atoms with Crippen molar-refractivity contribution >= 4 is 23.3 Å². The number of esters is 2. The number of nitro benzene ring substituents is 2. The summed E-state index contributed by atoms with van der Waals surface area (Å²) in [6, 6.07) is 19.4. The smallest absolute Gasteiger partial charge is 0.338 e. The molecule has 3 aromatic carbocycles. The number of non-ortho nitro benzene ring substituents is 2. The van der Waals surface area contributed by atoms with E-state index < -0.39 is 27.9 Å². The Hall–Kier alpha value is -4.60. The van der Waals surface area contributed by atoms with Crippen LogP contribution >= 0.6 is 0 Å². The molecule has 0 aliphatic carbocycles. The van der Waals surface area contributed by atoms with Crippen molar-refractivity contribution in [3.8, 4) is 0 Å². The molecule has 0 aromatic heterocycles. The van der Waals surface area contributed by atoms with Crippen LogP contribution in [0.15, 0.2) is 78.9 Å². The highest BCUT2D eigenvalue weighted by Crippen LogP contribution is 2.17. The molecule has 0 spiro atoms. The van der Waals surface area contributed by atoms with Crippen LogP contribution in [0.3, 0.4) is 0 Å². The summed E-state index contributed by atoms with van der Waals surface area (Å²) in [5, 5.41) is 21.6. The van der Waals surface area contributed by atoms with E-state index in [0.717, 1.165) is 5.56 Å². The van der Waals surface area contributed by atoms with Crippen LogP contribution in [0, 0.1) is 20.2 Å². The van der Waals surface area contributed by atoms with Crippen LogP contribution in [0.5, 0.6) is 0 Å². The first-order chi connectivity index (χ1) is 16.3. The zero-order valence-electron chi connectivity index (χ0n) is 17.9. The van der Waals surface area contributed by atoms with Gasteiger partial charge in [-0.3, -0.25) is 20.2 Å². The first kappa shape index (κ1) is 24.1. The quantitative estimate of drug-likeness (QED) is 0.242. The van der Waals surface area contributed by atoms with Gasteiger partial charge in [0.2, 0.25) is 0 Å². The van der Waals surface area contributed by atoms with Crippen molar-refractivity contribution in [3.63, 3.8) is 0 Å². The second-order valence-corrected chi connectivity index (χ2v) is 7.26. The molecule has 0 amide bonds. The number of nitro groups is 2. The number of carbonyl (C=O) groups excluding carboxylic acids is 2. The average Bonchev–Trinajstić information content (AvgIpc) is 2.86. The van der Waals surface area contributed by atoms with Crippen LogP contribution in [0.25, 0.3) is 0 Å². The molecule has 0 fully saturated rings. The minimum atomic E-state index is -0.787. The van der Waals surface area contributed by atoms with Gasteiger partial charge < -0.3 is 9.47 Å². The van der Waals surface area contributed by atoms with Crippen molar-refractivity contribution in [1.82, 2.24) is 0 Å². The molecule has 10 heteroatoms. The van der Waals surface area contributed by atoms with E-state index in [1.54, 1.807) is 0 Å². The highest BCUT2D eigenvalue weighted by atomic mass is 16.6. The minimum Gasteiger partial charge on any atom is -0.458 e. The van der Waals surface area contributed by atoms with Gasteiger partial charge in [-0.05, 0) is 42.7 Å². The topological polar surface area (TPSA) is 139 Å². The molecule has 3 rings (SSSR count). The maximum Gasteiger partial charge on any atom is 0.338 e. The second kappa shape index (κ2) is 11.3. The molecule has 174 valence electrons. The van der Waals surface area contributed by atoms with E-state index in [0.29, 0.717) is 12.8 Å². The largest absolute Gasteiger partial charge is 0.458 e. The van der Waals surface area contributed by atoms with Crippen LogP contribution < -0.4 is 0 Å². The molecule has 0 saturated carbocycles. The maximum atomic E-state index is 12.6. The number of nitrogens with zero attached hydrogens (tertiary/aromatic N) is 2. The first-order valence-corrected chi connectivity index (χ1v) is 10.2. The number of hydrogen-bond acceptors (Lipinski definition) is 8. The predicted octanol–water partition coefficient (Wildman–Crippen LogP) is 4.52. The van der Waals surface area contributed by atoms with Gasteiger partial charge in [-0.1, -0.05) is 30.3 Å². The Kier molecular flexibility index (Phi) is 8.01. The summed E-state index contributed by atoms with van der Waals surface area (Å²) in [7, 11) is 0. The van der Waals surface area contributed by atoms with Crippen molar-refractivity contribution < 1.29 is 28.9 Å². The summed E-state index contributed by atoms with van der Waals surface area (Å²) < 4.78 is 10.8. The van der Waals surface area contributed by atoms with Gasteiger partial charge in [0.05, 0.1) is 21.0 Å². The Balaban J connectivity index is 1.66. The van der Waals surface area contributed by atoms with Crippen LogP contribution in [0.4, 0.5) is 11.4 Å². The van der Waals surface area contributed by atoms with Crippen LogP contribution in [0.2, 0.25) is 0 Å². The summed E-state index contributed by atoms with van der Waals surface area (Å²) in [5.41, 5.74) is 0.926. The van der Waals surface area contributed by atoms with E-state index in [4.69, 9.17) is 9.47 Å². The van der Waals surface area contributed by atoms with E-state index >= 15 is 0 Å². The monoisotopic (exact) mass is 464 g/mol. The Labute approximate surface area is 194 Å². The summed E-state index contributed by atoms with van der Waals surface area (Å²) in [6.45, 7) is -0.235. The second-order valence-electron chi connectivity index (χ2n) is 7.26. The van der Waals surface area contributed by atoms with Crippen molar-refractivity contribution in [1.29, 1.82) is 0 Å². The number of carbonyl (C=O) groups is 2. The van der Waals surface area contributed by atoms with Crippen molar-refractivity contribution in [2.75, 3.05) is 6.61 Å². The number of ether oxygens (including phenoxy) is 2. The zero-order valence-corrected chi connectivity index (χ0v) is 17.9. The normalized spacial score (nSPS) is 11.3. The molecule has 0 aliphatic heterocycles. The third-order valence-corrected chi connectivity index (χ3v) is 4.90. The van der Waals surface area contributed by atoms with E-state index in [9.17, 15) is 29.8 Å². The third kappa shape index (κ3) is 6.70. The van der Waals surface area contributed by atoms with Gasteiger partial charge in [-0.2, -0.15) is 0 Å². The standard InChI is InChI=1S/C24H20N2O8/c27-23(18-7-11-20(12-8-18)25(29)30)33-16-22(15-6-17-4-2-1-3-5-17)34-24(28)19-9-13-21(14-10-19)26(31)32/h1-5,7-14,22H,6,15-16H2/t22-/m1/s1. The van der Waals surface area contributed by atoms with Crippen molar-refractivity contribution in [2.45, 2.75) is 18.9 Å². The molecule has 0 radical (unpaired) electrons. The fourth-order valence-electron chi connectivity index (χ4n) is 3.06. The van der Waals surface area contributed by atoms with Gasteiger partial charge in [0.25, 0.3) is 11.4 Å². The first-order valence-electron chi connectivity index (χ1n) is 10.2. The van der Waals surface area contributed by atoms with E-state index in [-0.39, 0.29) is 29.1 Å². The van der Waals surface area contributed by atoms with Gasteiger partial charge in [0, 0.05) is 24.3 Å². The molecule has 1 atom stereocenters. The lowest BCUT2D eigenvalue weighted by Crippen LogP contribution is -2.26. The molecule has 0 N–H and O–H groups in total. The minimum absolute atomic E-state index is 0.120. The number of hydrogen-bond donors (Lipinski definition) is 0. The molecule has 10 nitrogen and oxygen atoms in total. The summed E-state index contributed by atoms with van der Waals surface area (Å²) in [5.74, 6) is -1.43. The predicted molar refractivity (Wildman–Crippen MR) is 120 cm³/mol. The van der Waals surface area contributed by atoms with Crippen molar-refractivity contribution in [2.24, 2.45) is 0 Å². The fourth-order valence-corrected chi connectivity index (χ4v) is 3.06. The van der Waals surface area contributed by atoms with Gasteiger partial charge in [0.15, 0.2) is 0 Å². The Morgan fingerprint density at radius 2 is 1.24 bits per heavy atom. The molecule has 3 aromatic rings. The number of aryl methyl sites for hydroxylation is 1. The Bertz CT molecular complexity index is 1160. The van der Waals surface area contributed by atoms with Gasteiger partial charge in [0.1, 0.15) is 12.7 Å². The van der Waals surface area contributed by atoms with E-state index in [2.05, 4.69) is 0 Å². The van der Waals surface area contributed by atoms with Gasteiger partial charge in [-0.15, -0.1) is 0 Å². The van der Waals surface area contributed by atoms with Crippen LogP contribution in [0.1, 0.15) is 32.7 Å². The van der Waals surface area contributed by atoms with Crippen LogP contribution in [-0.4, -0.2) is 34.5 Å². The number of benzene rings is 3. The maximum absolute atomic E-state index is 12.6. The van der Waals surface area contributed by atoms with E-state index in [1.165, 1.54) is 48.5 Å². The number of rotatable bonds is 10. The Morgan fingerprint density at radius 3 is 1.74 bits per heavy atom. The molecular weight excluding hydrogens is 444 g/mol.